The number of quaternary nitrogens is 1. The number of carbonyl (C=O) groups is 1. The Kier molecular flexibility index (Phi) is 5.37. The Morgan fingerprint density at radius 1 is 1.19 bits per heavy atom. The number of hydrogen-bond acceptors (Lipinski definition) is 1. The van der Waals surface area contributed by atoms with Crippen LogP contribution < -0.4 is 10.6 Å². The SMILES string of the molecule is Cc1ccc(NC(=O)C[NH2+]Cc2cccc(Cl)c2)c(C)c1. The lowest BCUT2D eigenvalue weighted by Gasteiger charge is -2.08. The van der Waals surface area contributed by atoms with E-state index in [0.717, 1.165) is 28.4 Å². The molecule has 0 unspecified atom stereocenters. The van der Waals surface area contributed by atoms with Gasteiger partial charge in [0.15, 0.2) is 6.54 Å². The molecule has 4 heteroatoms. The molecular formula is C17H20ClN2O+. The summed E-state index contributed by atoms with van der Waals surface area (Å²) in [4.78, 5) is 11.9. The van der Waals surface area contributed by atoms with Crippen molar-refractivity contribution < 1.29 is 10.1 Å². The van der Waals surface area contributed by atoms with Gasteiger partial charge in [0.1, 0.15) is 6.54 Å². The van der Waals surface area contributed by atoms with Gasteiger partial charge in [0.05, 0.1) is 0 Å². The second-order valence-electron chi connectivity index (χ2n) is 5.19. The fraction of sp³-hybridized carbons (Fsp3) is 0.235. The van der Waals surface area contributed by atoms with E-state index >= 15 is 0 Å². The number of benzene rings is 2. The molecule has 0 aliphatic rings. The number of nitrogens with one attached hydrogen (secondary N) is 1. The summed E-state index contributed by atoms with van der Waals surface area (Å²) in [5, 5.41) is 5.62. The second-order valence-corrected chi connectivity index (χ2v) is 5.63. The first kappa shape index (κ1) is 15.5. The van der Waals surface area contributed by atoms with Gasteiger partial charge >= 0.3 is 0 Å². The van der Waals surface area contributed by atoms with Crippen molar-refractivity contribution in [3.8, 4) is 0 Å². The molecule has 2 aromatic rings. The van der Waals surface area contributed by atoms with Gasteiger partial charge in [-0.15, -0.1) is 0 Å². The van der Waals surface area contributed by atoms with Gasteiger partial charge in [0, 0.05) is 16.3 Å². The van der Waals surface area contributed by atoms with Crippen molar-refractivity contribution in [2.45, 2.75) is 20.4 Å². The molecular weight excluding hydrogens is 284 g/mol. The minimum absolute atomic E-state index is 0.00369. The summed E-state index contributed by atoms with van der Waals surface area (Å²) in [5.74, 6) is 0.00369. The van der Waals surface area contributed by atoms with E-state index < -0.39 is 0 Å². The van der Waals surface area contributed by atoms with Crippen LogP contribution in [0.3, 0.4) is 0 Å². The van der Waals surface area contributed by atoms with E-state index in [1.165, 1.54) is 5.56 Å². The molecule has 2 rings (SSSR count). The molecule has 0 fully saturated rings. The van der Waals surface area contributed by atoms with Crippen molar-refractivity contribution in [3.63, 3.8) is 0 Å². The molecule has 2 aromatic carbocycles. The maximum absolute atomic E-state index is 11.9. The Morgan fingerprint density at radius 3 is 2.71 bits per heavy atom. The van der Waals surface area contributed by atoms with Crippen molar-refractivity contribution in [1.82, 2.24) is 0 Å². The van der Waals surface area contributed by atoms with E-state index in [9.17, 15) is 4.79 Å². The van der Waals surface area contributed by atoms with Crippen molar-refractivity contribution >= 4 is 23.2 Å². The van der Waals surface area contributed by atoms with Crippen LogP contribution in [-0.4, -0.2) is 12.5 Å². The van der Waals surface area contributed by atoms with Gasteiger partial charge in [-0.05, 0) is 37.6 Å². The van der Waals surface area contributed by atoms with Crippen LogP contribution in [0.15, 0.2) is 42.5 Å². The molecule has 0 aromatic heterocycles. The Labute approximate surface area is 130 Å². The topological polar surface area (TPSA) is 45.7 Å². The highest BCUT2D eigenvalue weighted by atomic mass is 35.5. The predicted molar refractivity (Wildman–Crippen MR) is 86.5 cm³/mol. The standard InChI is InChI=1S/C17H19ClN2O/c1-12-6-7-16(13(2)8-12)20-17(21)11-19-10-14-4-3-5-15(18)9-14/h3-9,19H,10-11H2,1-2H3,(H,20,21)/p+1. The normalized spacial score (nSPS) is 10.4. The highest BCUT2D eigenvalue weighted by molar-refractivity contribution is 6.30. The minimum Gasteiger partial charge on any atom is -0.335 e. The number of nitrogens with two attached hydrogens (primary N) is 1. The summed E-state index contributed by atoms with van der Waals surface area (Å²) < 4.78 is 0. The number of halogens is 1. The van der Waals surface area contributed by atoms with Crippen molar-refractivity contribution in [2.75, 3.05) is 11.9 Å². The Balaban J connectivity index is 1.82. The van der Waals surface area contributed by atoms with Crippen LogP contribution in [0, 0.1) is 13.8 Å². The third kappa shape index (κ3) is 4.88. The quantitative estimate of drug-likeness (QED) is 0.876. The van der Waals surface area contributed by atoms with Crippen molar-refractivity contribution in [1.29, 1.82) is 0 Å². The maximum Gasteiger partial charge on any atom is 0.279 e. The lowest BCUT2D eigenvalue weighted by Crippen LogP contribution is -2.84. The average molecular weight is 304 g/mol. The van der Waals surface area contributed by atoms with Gasteiger partial charge in [-0.1, -0.05) is 41.4 Å². The van der Waals surface area contributed by atoms with Crippen LogP contribution in [0.4, 0.5) is 5.69 Å². The summed E-state index contributed by atoms with van der Waals surface area (Å²) in [5.41, 5.74) is 4.26. The van der Waals surface area contributed by atoms with Crippen LogP contribution in [0.1, 0.15) is 16.7 Å². The lowest BCUT2D eigenvalue weighted by molar-refractivity contribution is -0.659. The highest BCUT2D eigenvalue weighted by Gasteiger charge is 2.07. The van der Waals surface area contributed by atoms with E-state index in [1.807, 2.05) is 55.6 Å². The Bertz CT molecular complexity index is 640. The number of aryl methyl sites for hydroxylation is 2. The number of rotatable bonds is 5. The van der Waals surface area contributed by atoms with E-state index in [-0.39, 0.29) is 5.91 Å². The van der Waals surface area contributed by atoms with Crippen LogP contribution in [-0.2, 0) is 11.3 Å². The van der Waals surface area contributed by atoms with E-state index in [0.29, 0.717) is 6.54 Å². The van der Waals surface area contributed by atoms with E-state index in [4.69, 9.17) is 11.6 Å². The van der Waals surface area contributed by atoms with Gasteiger partial charge in [-0.25, -0.2) is 0 Å². The van der Waals surface area contributed by atoms with Gasteiger partial charge in [-0.3, -0.25) is 4.79 Å². The van der Waals surface area contributed by atoms with Crippen LogP contribution >= 0.6 is 11.6 Å². The first-order valence-corrected chi connectivity index (χ1v) is 7.35. The maximum atomic E-state index is 11.9. The summed E-state index contributed by atoms with van der Waals surface area (Å²) >= 11 is 5.93. The Morgan fingerprint density at radius 2 is 2.00 bits per heavy atom. The molecule has 0 aliphatic heterocycles. The molecule has 21 heavy (non-hydrogen) atoms. The zero-order valence-corrected chi connectivity index (χ0v) is 13.1. The van der Waals surface area contributed by atoms with Crippen LogP contribution in [0.2, 0.25) is 5.02 Å². The summed E-state index contributed by atoms with van der Waals surface area (Å²) in [6.45, 7) is 5.16. The van der Waals surface area contributed by atoms with Crippen molar-refractivity contribution in [3.05, 3.63) is 64.2 Å². The third-order valence-corrected chi connectivity index (χ3v) is 3.49. The van der Waals surface area contributed by atoms with E-state index in [1.54, 1.807) is 0 Å². The first-order chi connectivity index (χ1) is 10.0. The second kappa shape index (κ2) is 7.25. The van der Waals surface area contributed by atoms with Gasteiger partial charge in [-0.2, -0.15) is 0 Å². The number of hydrogen-bond donors (Lipinski definition) is 2. The summed E-state index contributed by atoms with van der Waals surface area (Å²) in [7, 11) is 0. The molecule has 0 atom stereocenters. The molecule has 0 heterocycles. The van der Waals surface area contributed by atoms with E-state index in [2.05, 4.69) is 11.4 Å². The minimum atomic E-state index is 0.00369. The monoisotopic (exact) mass is 303 g/mol. The van der Waals surface area contributed by atoms with Gasteiger partial charge < -0.3 is 10.6 Å². The molecule has 110 valence electrons. The molecule has 0 aliphatic carbocycles. The largest absolute Gasteiger partial charge is 0.335 e. The van der Waals surface area contributed by atoms with Crippen molar-refractivity contribution in [2.24, 2.45) is 0 Å². The average Bonchev–Trinajstić information content (AvgIpc) is 2.42. The molecule has 0 spiro atoms. The lowest BCUT2D eigenvalue weighted by atomic mass is 10.1. The number of carbonyl (C=O) groups excluding carboxylic acids is 1. The summed E-state index contributed by atoms with van der Waals surface area (Å²) in [6, 6.07) is 13.7. The molecule has 3 nitrogen and oxygen atoms in total. The molecule has 0 bridgehead atoms. The number of amides is 1. The number of anilines is 1. The third-order valence-electron chi connectivity index (χ3n) is 3.25. The zero-order valence-electron chi connectivity index (χ0n) is 12.3. The summed E-state index contributed by atoms with van der Waals surface area (Å²) in [6.07, 6.45) is 0. The molecule has 0 saturated heterocycles. The van der Waals surface area contributed by atoms with Gasteiger partial charge in [0.2, 0.25) is 0 Å². The molecule has 1 amide bonds. The van der Waals surface area contributed by atoms with Crippen LogP contribution in [0.25, 0.3) is 0 Å². The van der Waals surface area contributed by atoms with Gasteiger partial charge in [0.25, 0.3) is 5.91 Å². The molecule has 3 N–H and O–H groups in total. The smallest absolute Gasteiger partial charge is 0.279 e. The molecule has 0 radical (unpaired) electrons. The Hall–Kier alpha value is -1.84. The fourth-order valence-corrected chi connectivity index (χ4v) is 2.40. The van der Waals surface area contributed by atoms with Crippen LogP contribution in [0.5, 0.6) is 0 Å². The fourth-order valence-electron chi connectivity index (χ4n) is 2.19. The highest BCUT2D eigenvalue weighted by Crippen LogP contribution is 2.15. The first-order valence-electron chi connectivity index (χ1n) is 6.98. The zero-order chi connectivity index (χ0) is 15.2. The molecule has 0 saturated carbocycles. The predicted octanol–water partition coefficient (Wildman–Crippen LogP) is 2.66.